The summed E-state index contributed by atoms with van der Waals surface area (Å²) >= 11 is 0. The lowest BCUT2D eigenvalue weighted by Gasteiger charge is -2.40. The average Bonchev–Trinajstić information content (AvgIpc) is 2.31. The zero-order valence-electron chi connectivity index (χ0n) is 12.4. The van der Waals surface area contributed by atoms with Crippen LogP contribution in [-0.4, -0.2) is 61.7 Å². The van der Waals surface area contributed by atoms with Gasteiger partial charge in [-0.15, -0.1) is 0 Å². The van der Waals surface area contributed by atoms with Crippen LogP contribution < -0.4 is 5.32 Å². The van der Waals surface area contributed by atoms with E-state index in [0.717, 1.165) is 12.5 Å². The van der Waals surface area contributed by atoms with Crippen LogP contribution in [0.2, 0.25) is 0 Å². The number of piperazine rings is 1. The van der Waals surface area contributed by atoms with Crippen molar-refractivity contribution in [3.05, 3.63) is 0 Å². The third kappa shape index (κ3) is 4.94. The Morgan fingerprint density at radius 1 is 1.06 bits per heavy atom. The summed E-state index contributed by atoms with van der Waals surface area (Å²) in [4.78, 5) is 5.09. The van der Waals surface area contributed by atoms with Gasteiger partial charge in [0.1, 0.15) is 0 Å². The zero-order chi connectivity index (χ0) is 12.8. The van der Waals surface area contributed by atoms with Crippen LogP contribution in [0.15, 0.2) is 0 Å². The number of rotatable bonds is 6. The lowest BCUT2D eigenvalue weighted by atomic mass is 10.0. The molecule has 3 nitrogen and oxygen atoms in total. The lowest BCUT2D eigenvalue weighted by molar-refractivity contribution is 0.0862. The van der Waals surface area contributed by atoms with E-state index in [1.165, 1.54) is 32.6 Å². The van der Waals surface area contributed by atoms with Gasteiger partial charge in [0, 0.05) is 44.8 Å². The molecule has 1 rings (SSSR count). The minimum Gasteiger partial charge on any atom is -0.313 e. The molecular weight excluding hydrogens is 210 g/mol. The first-order chi connectivity index (χ1) is 8.04. The highest BCUT2D eigenvalue weighted by Crippen LogP contribution is 2.13. The Hall–Kier alpha value is -0.120. The first-order valence-electron chi connectivity index (χ1n) is 7.20. The van der Waals surface area contributed by atoms with Gasteiger partial charge < -0.3 is 10.2 Å². The molecule has 0 amide bonds. The molecule has 2 unspecified atom stereocenters. The average molecular weight is 241 g/mol. The van der Waals surface area contributed by atoms with Crippen molar-refractivity contribution in [2.75, 3.05) is 39.8 Å². The highest BCUT2D eigenvalue weighted by Gasteiger charge is 2.24. The molecule has 0 aliphatic carbocycles. The summed E-state index contributed by atoms with van der Waals surface area (Å²) in [5.74, 6) is 0.731. The summed E-state index contributed by atoms with van der Waals surface area (Å²) in [5, 5.41) is 3.67. The van der Waals surface area contributed by atoms with Crippen molar-refractivity contribution in [2.24, 2.45) is 5.92 Å². The molecule has 0 aromatic rings. The van der Waals surface area contributed by atoms with Crippen LogP contribution in [0.5, 0.6) is 0 Å². The molecule has 102 valence electrons. The Bertz CT molecular complexity index is 198. The third-order valence-electron chi connectivity index (χ3n) is 4.06. The maximum atomic E-state index is 3.67. The van der Waals surface area contributed by atoms with Crippen LogP contribution in [0.1, 0.15) is 34.1 Å². The molecule has 0 saturated carbocycles. The van der Waals surface area contributed by atoms with Crippen LogP contribution in [0.3, 0.4) is 0 Å². The Labute approximate surface area is 108 Å². The highest BCUT2D eigenvalue weighted by atomic mass is 15.3. The summed E-state index contributed by atoms with van der Waals surface area (Å²) in [6.45, 7) is 15.2. The quantitative estimate of drug-likeness (QED) is 0.763. The van der Waals surface area contributed by atoms with Gasteiger partial charge in [-0.3, -0.25) is 4.90 Å². The Balaban J connectivity index is 2.42. The summed E-state index contributed by atoms with van der Waals surface area (Å²) in [5.41, 5.74) is 0. The number of nitrogens with zero attached hydrogens (tertiary/aromatic N) is 2. The van der Waals surface area contributed by atoms with Gasteiger partial charge in [0.25, 0.3) is 0 Å². The first kappa shape index (κ1) is 14.9. The molecular formula is C14H31N3. The van der Waals surface area contributed by atoms with Crippen molar-refractivity contribution in [3.8, 4) is 0 Å². The Morgan fingerprint density at radius 2 is 1.65 bits per heavy atom. The van der Waals surface area contributed by atoms with Gasteiger partial charge in [-0.1, -0.05) is 20.8 Å². The predicted octanol–water partition coefficient (Wildman–Crippen LogP) is 1.65. The van der Waals surface area contributed by atoms with Crippen LogP contribution in [0, 0.1) is 5.92 Å². The van der Waals surface area contributed by atoms with Crippen LogP contribution in [-0.2, 0) is 0 Å². The topological polar surface area (TPSA) is 18.5 Å². The SMILES string of the molecule is CCC(C)NCC(C(C)C)N1CCN(C)CC1. The molecule has 0 bridgehead atoms. The lowest BCUT2D eigenvalue weighted by Crippen LogP contribution is -2.54. The summed E-state index contributed by atoms with van der Waals surface area (Å²) in [7, 11) is 2.22. The van der Waals surface area contributed by atoms with Crippen LogP contribution >= 0.6 is 0 Å². The molecule has 1 saturated heterocycles. The molecule has 0 spiro atoms. The van der Waals surface area contributed by atoms with E-state index in [-0.39, 0.29) is 0 Å². The fourth-order valence-corrected chi connectivity index (χ4v) is 2.41. The van der Waals surface area contributed by atoms with Gasteiger partial charge in [-0.2, -0.15) is 0 Å². The second-order valence-corrected chi connectivity index (χ2v) is 5.87. The van der Waals surface area contributed by atoms with Crippen molar-refractivity contribution < 1.29 is 0 Å². The molecule has 1 fully saturated rings. The third-order valence-corrected chi connectivity index (χ3v) is 4.06. The van der Waals surface area contributed by atoms with E-state index < -0.39 is 0 Å². The van der Waals surface area contributed by atoms with Gasteiger partial charge in [-0.05, 0) is 26.3 Å². The smallest absolute Gasteiger partial charge is 0.0244 e. The van der Waals surface area contributed by atoms with Gasteiger partial charge in [0.15, 0.2) is 0 Å². The summed E-state index contributed by atoms with van der Waals surface area (Å²) < 4.78 is 0. The molecule has 0 radical (unpaired) electrons. The minimum atomic E-state index is 0.642. The molecule has 1 heterocycles. The van der Waals surface area contributed by atoms with Crippen molar-refractivity contribution in [3.63, 3.8) is 0 Å². The zero-order valence-corrected chi connectivity index (χ0v) is 12.4. The molecule has 2 atom stereocenters. The molecule has 3 heteroatoms. The number of nitrogens with one attached hydrogen (secondary N) is 1. The molecule has 0 aromatic heterocycles. The molecule has 0 aromatic carbocycles. The normalized spacial score (nSPS) is 22.9. The Morgan fingerprint density at radius 3 is 2.12 bits per heavy atom. The second-order valence-electron chi connectivity index (χ2n) is 5.87. The number of likely N-dealkylation sites (N-methyl/N-ethyl adjacent to an activating group) is 1. The van der Waals surface area contributed by atoms with Crippen molar-refractivity contribution >= 4 is 0 Å². The summed E-state index contributed by atoms with van der Waals surface area (Å²) in [6.07, 6.45) is 1.22. The van der Waals surface area contributed by atoms with E-state index in [4.69, 9.17) is 0 Å². The van der Waals surface area contributed by atoms with Crippen molar-refractivity contribution in [1.82, 2.24) is 15.1 Å². The van der Waals surface area contributed by atoms with E-state index in [9.17, 15) is 0 Å². The monoisotopic (exact) mass is 241 g/mol. The van der Waals surface area contributed by atoms with Gasteiger partial charge in [0.2, 0.25) is 0 Å². The number of hydrogen-bond acceptors (Lipinski definition) is 3. The van der Waals surface area contributed by atoms with E-state index >= 15 is 0 Å². The fraction of sp³-hybridized carbons (Fsp3) is 1.00. The fourth-order valence-electron chi connectivity index (χ4n) is 2.41. The minimum absolute atomic E-state index is 0.642. The Kier molecular flexibility index (Phi) is 6.45. The van der Waals surface area contributed by atoms with Crippen LogP contribution in [0.25, 0.3) is 0 Å². The number of hydrogen-bond donors (Lipinski definition) is 1. The maximum absolute atomic E-state index is 3.67. The standard InChI is InChI=1S/C14H31N3/c1-6-13(4)15-11-14(12(2)3)17-9-7-16(5)8-10-17/h12-15H,6-11H2,1-5H3. The van der Waals surface area contributed by atoms with Gasteiger partial charge in [0.05, 0.1) is 0 Å². The van der Waals surface area contributed by atoms with E-state index in [0.29, 0.717) is 12.1 Å². The molecule has 1 aliphatic heterocycles. The molecule has 1 aliphatic rings. The van der Waals surface area contributed by atoms with Crippen LogP contribution in [0.4, 0.5) is 0 Å². The first-order valence-corrected chi connectivity index (χ1v) is 7.20. The van der Waals surface area contributed by atoms with Gasteiger partial charge in [-0.25, -0.2) is 0 Å². The van der Waals surface area contributed by atoms with Crippen molar-refractivity contribution in [2.45, 2.75) is 46.2 Å². The highest BCUT2D eigenvalue weighted by molar-refractivity contribution is 4.82. The van der Waals surface area contributed by atoms with Gasteiger partial charge >= 0.3 is 0 Å². The molecule has 17 heavy (non-hydrogen) atoms. The van der Waals surface area contributed by atoms with E-state index in [1.807, 2.05) is 0 Å². The largest absolute Gasteiger partial charge is 0.313 e. The van der Waals surface area contributed by atoms with E-state index in [1.54, 1.807) is 0 Å². The predicted molar refractivity (Wildman–Crippen MR) is 75.5 cm³/mol. The van der Waals surface area contributed by atoms with Crippen molar-refractivity contribution in [1.29, 1.82) is 0 Å². The molecule has 1 N–H and O–H groups in total. The summed E-state index contributed by atoms with van der Waals surface area (Å²) in [6, 6.07) is 1.33. The maximum Gasteiger partial charge on any atom is 0.0244 e. The second kappa shape index (κ2) is 7.34. The van der Waals surface area contributed by atoms with E-state index in [2.05, 4.69) is 49.9 Å².